The minimum Gasteiger partial charge on any atom is -0.341 e. The van der Waals surface area contributed by atoms with Crippen molar-refractivity contribution >= 4 is 5.91 Å². The summed E-state index contributed by atoms with van der Waals surface area (Å²) in [6, 6.07) is 0. The second kappa shape index (κ2) is 4.74. The first kappa shape index (κ1) is 11.9. The highest BCUT2D eigenvalue weighted by atomic mass is 16.2. The fourth-order valence-electron chi connectivity index (χ4n) is 2.97. The summed E-state index contributed by atoms with van der Waals surface area (Å²) in [6.07, 6.45) is 4.29. The van der Waals surface area contributed by atoms with Gasteiger partial charge in [0, 0.05) is 24.9 Å². The Bertz CT molecular complexity index is 249. The van der Waals surface area contributed by atoms with Crippen LogP contribution in [0.3, 0.4) is 0 Å². The van der Waals surface area contributed by atoms with E-state index < -0.39 is 0 Å². The molecule has 0 aromatic carbocycles. The molecular weight excluding hydrogens is 200 g/mol. The summed E-state index contributed by atoms with van der Waals surface area (Å²) < 4.78 is 0. The summed E-state index contributed by atoms with van der Waals surface area (Å²) in [4.78, 5) is 16.3. The fraction of sp³-hybridized carbons (Fsp3) is 0.923. The molecule has 0 atom stereocenters. The third-order valence-electron chi connectivity index (χ3n) is 4.23. The number of piperidine rings is 1. The molecule has 2 heterocycles. The van der Waals surface area contributed by atoms with Crippen molar-refractivity contribution in [2.24, 2.45) is 5.41 Å². The highest BCUT2D eigenvalue weighted by molar-refractivity contribution is 5.77. The monoisotopic (exact) mass is 224 g/mol. The van der Waals surface area contributed by atoms with Gasteiger partial charge in [0.15, 0.2) is 0 Å². The first-order valence-corrected chi connectivity index (χ1v) is 6.69. The van der Waals surface area contributed by atoms with Crippen LogP contribution < -0.4 is 0 Å². The number of hydrogen-bond donors (Lipinski definition) is 0. The largest absolute Gasteiger partial charge is 0.341 e. The van der Waals surface area contributed by atoms with Crippen molar-refractivity contribution in [3.63, 3.8) is 0 Å². The summed E-state index contributed by atoms with van der Waals surface area (Å²) >= 11 is 0. The summed E-state index contributed by atoms with van der Waals surface area (Å²) in [5.41, 5.74) is 0.495. The van der Waals surface area contributed by atoms with E-state index in [1.54, 1.807) is 0 Å². The molecule has 16 heavy (non-hydrogen) atoms. The Labute approximate surface area is 98.8 Å². The van der Waals surface area contributed by atoms with Gasteiger partial charge in [0.1, 0.15) is 0 Å². The molecule has 2 aliphatic rings. The van der Waals surface area contributed by atoms with Gasteiger partial charge < -0.3 is 9.80 Å². The minimum absolute atomic E-state index is 0.367. The predicted octanol–water partition coefficient (Wildman–Crippen LogP) is 1.73. The van der Waals surface area contributed by atoms with E-state index in [1.165, 1.54) is 32.5 Å². The Balaban J connectivity index is 1.77. The molecule has 1 amide bonds. The highest BCUT2D eigenvalue weighted by Crippen LogP contribution is 2.40. The van der Waals surface area contributed by atoms with Gasteiger partial charge in [0.25, 0.3) is 0 Å². The van der Waals surface area contributed by atoms with Crippen LogP contribution in [0.25, 0.3) is 0 Å². The van der Waals surface area contributed by atoms with Crippen molar-refractivity contribution < 1.29 is 4.79 Å². The van der Waals surface area contributed by atoms with Gasteiger partial charge in [-0.05, 0) is 38.9 Å². The van der Waals surface area contributed by atoms with Crippen molar-refractivity contribution in [1.29, 1.82) is 0 Å². The second-order valence-electron chi connectivity index (χ2n) is 5.43. The zero-order valence-corrected chi connectivity index (χ0v) is 10.7. The number of amides is 1. The van der Waals surface area contributed by atoms with Crippen molar-refractivity contribution in [3.8, 4) is 0 Å². The van der Waals surface area contributed by atoms with Gasteiger partial charge in [-0.1, -0.05) is 13.8 Å². The molecule has 1 spiro atoms. The van der Waals surface area contributed by atoms with Gasteiger partial charge in [-0.15, -0.1) is 0 Å². The maximum Gasteiger partial charge on any atom is 0.222 e. The van der Waals surface area contributed by atoms with Crippen LogP contribution in [0.1, 0.15) is 39.5 Å². The molecule has 2 rings (SSSR count). The fourth-order valence-corrected chi connectivity index (χ4v) is 2.97. The van der Waals surface area contributed by atoms with Gasteiger partial charge in [-0.2, -0.15) is 0 Å². The molecule has 0 radical (unpaired) electrons. The SMILES string of the molecule is CCCC(=O)N1CC2(CCN(CC)CC2)C1. The molecule has 2 fully saturated rings. The lowest BCUT2D eigenvalue weighted by atomic mass is 9.72. The van der Waals surface area contributed by atoms with Gasteiger partial charge in [-0.3, -0.25) is 4.79 Å². The lowest BCUT2D eigenvalue weighted by Crippen LogP contribution is -2.61. The highest BCUT2D eigenvalue weighted by Gasteiger charge is 2.45. The van der Waals surface area contributed by atoms with E-state index in [2.05, 4.69) is 23.6 Å². The molecule has 0 aliphatic carbocycles. The lowest BCUT2D eigenvalue weighted by molar-refractivity contribution is -0.146. The second-order valence-corrected chi connectivity index (χ2v) is 5.43. The number of carbonyl (C=O) groups excluding carboxylic acids is 1. The molecule has 0 bridgehead atoms. The molecule has 0 N–H and O–H groups in total. The number of nitrogens with zero attached hydrogens (tertiary/aromatic N) is 2. The predicted molar refractivity (Wildman–Crippen MR) is 65.3 cm³/mol. The van der Waals surface area contributed by atoms with Gasteiger partial charge in [0.2, 0.25) is 5.91 Å². The maximum atomic E-state index is 11.7. The third kappa shape index (κ3) is 2.24. The normalized spacial score (nSPS) is 24.5. The van der Waals surface area contributed by atoms with Crippen LogP contribution in [-0.4, -0.2) is 48.4 Å². The Kier molecular flexibility index (Phi) is 3.53. The number of carbonyl (C=O) groups is 1. The van der Waals surface area contributed by atoms with E-state index in [0.717, 1.165) is 25.9 Å². The Morgan fingerprint density at radius 1 is 1.19 bits per heavy atom. The molecule has 0 unspecified atom stereocenters. The molecule has 2 aliphatic heterocycles. The Morgan fingerprint density at radius 2 is 1.81 bits per heavy atom. The molecule has 0 saturated carbocycles. The molecule has 0 aromatic rings. The summed E-state index contributed by atoms with van der Waals surface area (Å²) in [6.45, 7) is 10.0. The Hall–Kier alpha value is -0.570. The van der Waals surface area contributed by atoms with Gasteiger partial charge in [0.05, 0.1) is 0 Å². The van der Waals surface area contributed by atoms with Crippen molar-refractivity contribution in [3.05, 3.63) is 0 Å². The average molecular weight is 224 g/mol. The molecule has 2 saturated heterocycles. The van der Waals surface area contributed by atoms with Crippen molar-refractivity contribution in [2.75, 3.05) is 32.7 Å². The molecule has 0 aromatic heterocycles. The Morgan fingerprint density at radius 3 is 2.31 bits per heavy atom. The van der Waals surface area contributed by atoms with Crippen molar-refractivity contribution in [1.82, 2.24) is 9.80 Å². The number of likely N-dealkylation sites (tertiary alicyclic amines) is 2. The van der Waals surface area contributed by atoms with Gasteiger partial charge in [-0.25, -0.2) is 0 Å². The van der Waals surface area contributed by atoms with E-state index in [4.69, 9.17) is 0 Å². The summed E-state index contributed by atoms with van der Waals surface area (Å²) in [5, 5.41) is 0. The van der Waals surface area contributed by atoms with E-state index in [1.807, 2.05) is 0 Å². The lowest BCUT2D eigenvalue weighted by Gasteiger charge is -2.54. The van der Waals surface area contributed by atoms with Crippen LogP contribution in [0, 0.1) is 5.41 Å². The number of hydrogen-bond acceptors (Lipinski definition) is 2. The zero-order chi connectivity index (χ0) is 11.6. The van der Waals surface area contributed by atoms with Crippen LogP contribution in [0.4, 0.5) is 0 Å². The van der Waals surface area contributed by atoms with E-state index in [9.17, 15) is 4.79 Å². The summed E-state index contributed by atoms with van der Waals surface area (Å²) in [5.74, 6) is 0.367. The van der Waals surface area contributed by atoms with E-state index in [-0.39, 0.29) is 0 Å². The third-order valence-corrected chi connectivity index (χ3v) is 4.23. The molecule has 3 heteroatoms. The van der Waals surface area contributed by atoms with E-state index >= 15 is 0 Å². The first-order valence-electron chi connectivity index (χ1n) is 6.69. The zero-order valence-electron chi connectivity index (χ0n) is 10.7. The van der Waals surface area contributed by atoms with Gasteiger partial charge >= 0.3 is 0 Å². The quantitative estimate of drug-likeness (QED) is 0.729. The minimum atomic E-state index is 0.367. The molecular formula is C13H24N2O. The van der Waals surface area contributed by atoms with Crippen LogP contribution in [0.15, 0.2) is 0 Å². The van der Waals surface area contributed by atoms with Crippen molar-refractivity contribution in [2.45, 2.75) is 39.5 Å². The maximum absolute atomic E-state index is 11.7. The molecule has 3 nitrogen and oxygen atoms in total. The summed E-state index contributed by atoms with van der Waals surface area (Å²) in [7, 11) is 0. The average Bonchev–Trinajstić information content (AvgIpc) is 2.26. The number of rotatable bonds is 3. The van der Waals surface area contributed by atoms with Crippen LogP contribution in [-0.2, 0) is 4.79 Å². The smallest absolute Gasteiger partial charge is 0.222 e. The van der Waals surface area contributed by atoms with Crippen LogP contribution >= 0.6 is 0 Å². The van der Waals surface area contributed by atoms with E-state index in [0.29, 0.717) is 11.3 Å². The molecule has 92 valence electrons. The topological polar surface area (TPSA) is 23.6 Å². The van der Waals surface area contributed by atoms with Crippen LogP contribution in [0.5, 0.6) is 0 Å². The first-order chi connectivity index (χ1) is 7.69. The standard InChI is InChI=1S/C13H24N2O/c1-3-5-12(16)15-10-13(11-15)6-8-14(4-2)9-7-13/h3-11H2,1-2H3. The van der Waals surface area contributed by atoms with Crippen LogP contribution in [0.2, 0.25) is 0 Å².